The lowest BCUT2D eigenvalue weighted by molar-refractivity contribution is 0.498. The Morgan fingerprint density at radius 3 is 2.43 bits per heavy atom. The van der Waals surface area contributed by atoms with E-state index in [-0.39, 0.29) is 11.4 Å². The Kier molecular flexibility index (Phi) is 4.19. The molecule has 0 aromatic heterocycles. The van der Waals surface area contributed by atoms with Crippen molar-refractivity contribution in [2.45, 2.75) is 11.4 Å². The predicted molar refractivity (Wildman–Crippen MR) is 71.5 cm³/mol. The van der Waals surface area contributed by atoms with Gasteiger partial charge in [0.05, 0.1) is 10.6 Å². The van der Waals surface area contributed by atoms with Crippen LogP contribution in [0.15, 0.2) is 41.3 Å². The molecular formula is C13H11F3N2O2S. The minimum absolute atomic E-state index is 0.0585. The van der Waals surface area contributed by atoms with Gasteiger partial charge >= 0.3 is 0 Å². The van der Waals surface area contributed by atoms with Crippen LogP contribution in [0, 0.1) is 17.5 Å². The Balaban J connectivity index is 2.47. The van der Waals surface area contributed by atoms with Crippen LogP contribution >= 0.6 is 0 Å². The quantitative estimate of drug-likeness (QED) is 0.851. The van der Waals surface area contributed by atoms with Crippen LogP contribution in [-0.4, -0.2) is 8.42 Å². The third-order valence-corrected chi connectivity index (χ3v) is 4.19. The van der Waals surface area contributed by atoms with E-state index in [1.807, 2.05) is 4.72 Å². The van der Waals surface area contributed by atoms with Crippen molar-refractivity contribution in [1.29, 1.82) is 0 Å². The van der Waals surface area contributed by atoms with Crippen molar-refractivity contribution in [3.05, 3.63) is 59.4 Å². The molecule has 0 aliphatic heterocycles. The van der Waals surface area contributed by atoms with Gasteiger partial charge in [0.1, 0.15) is 5.82 Å². The third-order valence-electron chi connectivity index (χ3n) is 2.72. The highest BCUT2D eigenvalue weighted by Crippen LogP contribution is 2.24. The number of hydrogen-bond donors (Lipinski definition) is 2. The summed E-state index contributed by atoms with van der Waals surface area (Å²) in [6.07, 6.45) is 0. The van der Waals surface area contributed by atoms with Crippen LogP contribution in [0.1, 0.15) is 5.56 Å². The molecular weight excluding hydrogens is 305 g/mol. The first-order valence-corrected chi connectivity index (χ1v) is 7.29. The van der Waals surface area contributed by atoms with Crippen molar-refractivity contribution in [3.63, 3.8) is 0 Å². The Labute approximate surface area is 119 Å². The van der Waals surface area contributed by atoms with Crippen molar-refractivity contribution in [1.82, 2.24) is 0 Å². The van der Waals surface area contributed by atoms with Crippen molar-refractivity contribution in [2.24, 2.45) is 5.73 Å². The van der Waals surface area contributed by atoms with E-state index in [0.29, 0.717) is 17.7 Å². The van der Waals surface area contributed by atoms with Crippen LogP contribution in [0.2, 0.25) is 0 Å². The monoisotopic (exact) mass is 316 g/mol. The third kappa shape index (κ3) is 3.17. The van der Waals surface area contributed by atoms with E-state index >= 15 is 0 Å². The normalized spacial score (nSPS) is 11.4. The standard InChI is InChI=1S/C13H11F3N2O2S/c14-9-5-10(15)13(16)11(6-9)18-21(19,20)12-4-2-1-3-8(12)7-17/h1-6,18H,7,17H2. The van der Waals surface area contributed by atoms with E-state index < -0.39 is 33.2 Å². The second-order valence-corrected chi connectivity index (χ2v) is 5.82. The lowest BCUT2D eigenvalue weighted by Crippen LogP contribution is -2.17. The number of benzene rings is 2. The fourth-order valence-electron chi connectivity index (χ4n) is 1.76. The summed E-state index contributed by atoms with van der Waals surface area (Å²) in [5.41, 5.74) is 4.92. The minimum atomic E-state index is -4.22. The summed E-state index contributed by atoms with van der Waals surface area (Å²) in [6.45, 7) is -0.0585. The average Bonchev–Trinajstić information content (AvgIpc) is 2.44. The first kappa shape index (κ1) is 15.3. The van der Waals surface area contributed by atoms with Crippen LogP contribution in [0.3, 0.4) is 0 Å². The van der Waals surface area contributed by atoms with Crippen LogP contribution in [0.5, 0.6) is 0 Å². The van der Waals surface area contributed by atoms with E-state index in [1.54, 1.807) is 6.07 Å². The molecule has 0 aliphatic rings. The fraction of sp³-hybridized carbons (Fsp3) is 0.0769. The predicted octanol–water partition coefficient (Wildman–Crippen LogP) is 2.36. The molecule has 8 heteroatoms. The summed E-state index contributed by atoms with van der Waals surface area (Å²) >= 11 is 0. The van der Waals surface area contributed by atoms with Gasteiger partial charge < -0.3 is 5.73 Å². The zero-order valence-electron chi connectivity index (χ0n) is 10.6. The Morgan fingerprint density at radius 2 is 1.76 bits per heavy atom. The van der Waals surface area contributed by atoms with E-state index in [4.69, 9.17) is 5.73 Å². The maximum absolute atomic E-state index is 13.5. The molecule has 0 atom stereocenters. The van der Waals surface area contributed by atoms with E-state index in [9.17, 15) is 21.6 Å². The molecule has 0 fully saturated rings. The lowest BCUT2D eigenvalue weighted by Gasteiger charge is -2.12. The molecule has 0 saturated heterocycles. The first-order valence-electron chi connectivity index (χ1n) is 5.80. The first-order chi connectivity index (χ1) is 9.85. The van der Waals surface area contributed by atoms with Gasteiger partial charge in [-0.15, -0.1) is 0 Å². The average molecular weight is 316 g/mol. The molecule has 112 valence electrons. The van der Waals surface area contributed by atoms with Crippen LogP contribution < -0.4 is 10.5 Å². The summed E-state index contributed by atoms with van der Waals surface area (Å²) in [6, 6.07) is 6.66. The fourth-order valence-corrected chi connectivity index (χ4v) is 3.07. The van der Waals surface area contributed by atoms with E-state index in [1.165, 1.54) is 18.2 Å². The Bertz CT molecular complexity index is 779. The zero-order valence-corrected chi connectivity index (χ0v) is 11.4. The number of anilines is 1. The summed E-state index contributed by atoms with van der Waals surface area (Å²) in [5.74, 6) is -4.07. The molecule has 2 aromatic carbocycles. The van der Waals surface area contributed by atoms with Gasteiger partial charge in [-0.3, -0.25) is 4.72 Å². The molecule has 0 heterocycles. The van der Waals surface area contributed by atoms with Crippen molar-refractivity contribution >= 4 is 15.7 Å². The summed E-state index contributed by atoms with van der Waals surface area (Å²) < 4.78 is 65.9. The SMILES string of the molecule is NCc1ccccc1S(=O)(=O)Nc1cc(F)cc(F)c1F. The topological polar surface area (TPSA) is 72.2 Å². The molecule has 0 amide bonds. The van der Waals surface area contributed by atoms with Gasteiger partial charge in [-0.1, -0.05) is 18.2 Å². The van der Waals surface area contributed by atoms with Gasteiger partial charge in [0, 0.05) is 18.7 Å². The molecule has 0 spiro atoms. The minimum Gasteiger partial charge on any atom is -0.326 e. The molecule has 0 radical (unpaired) electrons. The van der Waals surface area contributed by atoms with E-state index in [2.05, 4.69) is 0 Å². The number of halogens is 3. The highest BCUT2D eigenvalue weighted by Gasteiger charge is 2.21. The van der Waals surface area contributed by atoms with Crippen molar-refractivity contribution < 1.29 is 21.6 Å². The van der Waals surface area contributed by atoms with Crippen LogP contribution in [-0.2, 0) is 16.6 Å². The number of nitrogens with two attached hydrogens (primary N) is 1. The molecule has 0 unspecified atom stereocenters. The smallest absolute Gasteiger partial charge is 0.262 e. The second-order valence-electron chi connectivity index (χ2n) is 4.17. The van der Waals surface area contributed by atoms with Gasteiger partial charge in [-0.2, -0.15) is 0 Å². The Hall–Kier alpha value is -2.06. The van der Waals surface area contributed by atoms with Crippen LogP contribution in [0.4, 0.5) is 18.9 Å². The Morgan fingerprint density at radius 1 is 1.10 bits per heavy atom. The number of rotatable bonds is 4. The van der Waals surface area contributed by atoms with Gasteiger partial charge in [0.25, 0.3) is 10.0 Å². The highest BCUT2D eigenvalue weighted by atomic mass is 32.2. The van der Waals surface area contributed by atoms with Gasteiger partial charge in [-0.25, -0.2) is 21.6 Å². The maximum atomic E-state index is 13.5. The van der Waals surface area contributed by atoms with Crippen molar-refractivity contribution in [3.8, 4) is 0 Å². The van der Waals surface area contributed by atoms with Crippen molar-refractivity contribution in [2.75, 3.05) is 4.72 Å². The molecule has 3 N–H and O–H groups in total. The zero-order chi connectivity index (χ0) is 15.6. The number of nitrogens with one attached hydrogen (secondary N) is 1. The molecule has 21 heavy (non-hydrogen) atoms. The van der Waals surface area contributed by atoms with Gasteiger partial charge in [-0.05, 0) is 11.6 Å². The molecule has 0 bridgehead atoms. The van der Waals surface area contributed by atoms with Gasteiger partial charge in [0.15, 0.2) is 11.6 Å². The molecule has 4 nitrogen and oxygen atoms in total. The number of hydrogen-bond acceptors (Lipinski definition) is 3. The summed E-state index contributed by atoms with van der Waals surface area (Å²) in [4.78, 5) is -0.184. The molecule has 0 aliphatic carbocycles. The maximum Gasteiger partial charge on any atom is 0.262 e. The molecule has 2 rings (SSSR count). The van der Waals surface area contributed by atoms with E-state index in [0.717, 1.165) is 0 Å². The largest absolute Gasteiger partial charge is 0.326 e. The molecule has 0 saturated carbocycles. The number of sulfonamides is 1. The summed E-state index contributed by atoms with van der Waals surface area (Å²) in [7, 11) is -4.22. The van der Waals surface area contributed by atoms with Gasteiger partial charge in [0.2, 0.25) is 0 Å². The highest BCUT2D eigenvalue weighted by molar-refractivity contribution is 7.92. The molecule has 2 aromatic rings. The lowest BCUT2D eigenvalue weighted by atomic mass is 10.2. The summed E-state index contributed by atoms with van der Waals surface area (Å²) in [5, 5.41) is 0. The van der Waals surface area contributed by atoms with Crippen LogP contribution in [0.25, 0.3) is 0 Å². The second kappa shape index (κ2) is 5.74.